The molecule has 7 heteroatoms. The molecule has 0 saturated heterocycles. The van der Waals surface area contributed by atoms with Crippen LogP contribution >= 0.6 is 11.3 Å². The summed E-state index contributed by atoms with van der Waals surface area (Å²) in [5.41, 5.74) is 1.34. The zero-order valence-corrected chi connectivity index (χ0v) is 12.3. The smallest absolute Gasteiger partial charge is 0.262 e. The van der Waals surface area contributed by atoms with Gasteiger partial charge >= 0.3 is 0 Å². The molecule has 0 aliphatic heterocycles. The molecule has 0 radical (unpaired) electrons. The van der Waals surface area contributed by atoms with E-state index in [1.165, 1.54) is 23.6 Å². The van der Waals surface area contributed by atoms with Gasteiger partial charge in [-0.25, -0.2) is 4.98 Å². The topological polar surface area (TPSA) is 86.9 Å². The van der Waals surface area contributed by atoms with Crippen molar-refractivity contribution in [2.24, 2.45) is 0 Å². The fraction of sp³-hybridized carbons (Fsp3) is 0.308. The second-order valence-electron chi connectivity index (χ2n) is 4.44. The molecule has 20 heavy (non-hydrogen) atoms. The third kappa shape index (κ3) is 3.12. The van der Waals surface area contributed by atoms with Gasteiger partial charge in [-0.15, -0.1) is 11.3 Å². The molecule has 2 aromatic rings. The molecule has 0 aromatic carbocycles. The number of rotatable bonds is 4. The third-order valence-corrected chi connectivity index (χ3v) is 3.70. The van der Waals surface area contributed by atoms with Crippen molar-refractivity contribution in [3.63, 3.8) is 0 Å². The fourth-order valence-corrected chi connectivity index (χ4v) is 2.40. The van der Waals surface area contributed by atoms with Crippen LogP contribution in [0, 0.1) is 6.92 Å². The van der Waals surface area contributed by atoms with Crippen LogP contribution in [0.15, 0.2) is 22.4 Å². The van der Waals surface area contributed by atoms with E-state index in [0.717, 1.165) is 5.69 Å². The minimum absolute atomic E-state index is 0.0778. The third-order valence-electron chi connectivity index (χ3n) is 2.92. The van der Waals surface area contributed by atoms with E-state index in [-0.39, 0.29) is 17.0 Å². The van der Waals surface area contributed by atoms with Gasteiger partial charge in [0.05, 0.1) is 5.69 Å². The van der Waals surface area contributed by atoms with Crippen LogP contribution in [0.4, 0.5) is 5.13 Å². The highest BCUT2D eigenvalue weighted by atomic mass is 32.1. The Kier molecular flexibility index (Phi) is 4.31. The molecule has 1 unspecified atom stereocenters. The summed E-state index contributed by atoms with van der Waals surface area (Å²) in [6, 6.07) is 1.50. The summed E-state index contributed by atoms with van der Waals surface area (Å²) in [5.74, 6) is -0.454. The summed E-state index contributed by atoms with van der Waals surface area (Å²) in [7, 11) is 1.84. The van der Waals surface area contributed by atoms with E-state index >= 15 is 0 Å². The van der Waals surface area contributed by atoms with E-state index in [1.807, 2.05) is 19.4 Å². The van der Waals surface area contributed by atoms with Crippen molar-refractivity contribution in [1.82, 2.24) is 15.3 Å². The first kappa shape index (κ1) is 14.4. The summed E-state index contributed by atoms with van der Waals surface area (Å²) in [5, 5.41) is 8.06. The van der Waals surface area contributed by atoms with Gasteiger partial charge in [0.25, 0.3) is 5.91 Å². The monoisotopic (exact) mass is 292 g/mol. The molecule has 0 aliphatic carbocycles. The van der Waals surface area contributed by atoms with Gasteiger partial charge in [0.1, 0.15) is 5.56 Å². The Labute approximate surface area is 120 Å². The standard InChI is InChI=1S/C13H16N4O2S/c1-7-4-11(18)9(5-15-7)12(19)17-13-16-10(6-20-13)8(2)14-3/h4-6,8,14H,1-3H3,(H,15,18)(H,16,17,19). The predicted molar refractivity (Wildman–Crippen MR) is 79.3 cm³/mol. The number of aromatic amines is 1. The van der Waals surface area contributed by atoms with E-state index in [1.54, 1.807) is 6.92 Å². The van der Waals surface area contributed by atoms with Crippen LogP contribution in [0.2, 0.25) is 0 Å². The number of amides is 1. The average molecular weight is 292 g/mol. The fourth-order valence-electron chi connectivity index (χ4n) is 1.61. The molecule has 0 aliphatic rings. The maximum atomic E-state index is 12.0. The number of aryl methyl sites for hydroxylation is 1. The lowest BCUT2D eigenvalue weighted by molar-refractivity contribution is 0.102. The number of H-pyrrole nitrogens is 1. The lowest BCUT2D eigenvalue weighted by Crippen LogP contribution is -2.21. The van der Waals surface area contributed by atoms with Gasteiger partial charge in [0.2, 0.25) is 0 Å². The molecule has 3 N–H and O–H groups in total. The van der Waals surface area contributed by atoms with Crippen molar-refractivity contribution in [3.05, 3.63) is 44.8 Å². The number of anilines is 1. The van der Waals surface area contributed by atoms with Gasteiger partial charge in [0.15, 0.2) is 10.6 Å². The van der Waals surface area contributed by atoms with Crippen LogP contribution < -0.4 is 16.1 Å². The highest BCUT2D eigenvalue weighted by molar-refractivity contribution is 7.14. The summed E-state index contributed by atoms with van der Waals surface area (Å²) in [6.07, 6.45) is 1.41. The lowest BCUT2D eigenvalue weighted by Gasteiger charge is -2.05. The zero-order valence-electron chi connectivity index (χ0n) is 11.5. The van der Waals surface area contributed by atoms with Crippen molar-refractivity contribution >= 4 is 22.4 Å². The van der Waals surface area contributed by atoms with Crippen molar-refractivity contribution in [1.29, 1.82) is 0 Å². The highest BCUT2D eigenvalue weighted by Gasteiger charge is 2.14. The molecule has 2 heterocycles. The van der Waals surface area contributed by atoms with E-state index in [4.69, 9.17) is 0 Å². The van der Waals surface area contributed by atoms with Gasteiger partial charge < -0.3 is 10.3 Å². The van der Waals surface area contributed by atoms with Crippen molar-refractivity contribution in [3.8, 4) is 0 Å². The Morgan fingerprint density at radius 3 is 2.90 bits per heavy atom. The second-order valence-corrected chi connectivity index (χ2v) is 5.29. The number of nitrogens with zero attached hydrogens (tertiary/aromatic N) is 1. The van der Waals surface area contributed by atoms with Crippen LogP contribution in [0.1, 0.15) is 34.7 Å². The largest absolute Gasteiger partial charge is 0.364 e. The summed E-state index contributed by atoms with van der Waals surface area (Å²) in [6.45, 7) is 3.74. The first-order valence-electron chi connectivity index (χ1n) is 6.14. The van der Waals surface area contributed by atoms with Crippen LogP contribution in [-0.2, 0) is 0 Å². The lowest BCUT2D eigenvalue weighted by atomic mass is 10.2. The van der Waals surface area contributed by atoms with Gasteiger partial charge in [-0.1, -0.05) is 0 Å². The second kappa shape index (κ2) is 5.98. The summed E-state index contributed by atoms with van der Waals surface area (Å²) < 4.78 is 0. The molecular formula is C13H16N4O2S. The molecule has 0 saturated carbocycles. The van der Waals surface area contributed by atoms with Crippen LogP contribution in [0.5, 0.6) is 0 Å². The highest BCUT2D eigenvalue weighted by Crippen LogP contribution is 2.20. The van der Waals surface area contributed by atoms with E-state index < -0.39 is 5.91 Å². The first-order valence-corrected chi connectivity index (χ1v) is 7.02. The molecule has 6 nitrogen and oxygen atoms in total. The number of hydrogen-bond acceptors (Lipinski definition) is 5. The normalized spacial score (nSPS) is 12.2. The minimum Gasteiger partial charge on any atom is -0.364 e. The van der Waals surface area contributed by atoms with E-state index in [9.17, 15) is 9.59 Å². The van der Waals surface area contributed by atoms with Crippen LogP contribution in [0.25, 0.3) is 0 Å². The molecule has 1 atom stereocenters. The minimum atomic E-state index is -0.454. The number of hydrogen-bond donors (Lipinski definition) is 3. The van der Waals surface area contributed by atoms with Gasteiger partial charge in [-0.05, 0) is 20.9 Å². The van der Waals surface area contributed by atoms with Gasteiger partial charge in [-0.3, -0.25) is 14.9 Å². The maximum Gasteiger partial charge on any atom is 0.262 e. The number of carbonyl (C=O) groups excluding carboxylic acids is 1. The molecule has 2 aromatic heterocycles. The zero-order chi connectivity index (χ0) is 14.7. The number of aromatic nitrogens is 2. The molecule has 0 fully saturated rings. The quantitative estimate of drug-likeness (QED) is 0.800. The maximum absolute atomic E-state index is 12.0. The molecule has 0 spiro atoms. The van der Waals surface area contributed by atoms with Gasteiger partial charge in [-0.2, -0.15) is 0 Å². The molecular weight excluding hydrogens is 276 g/mol. The van der Waals surface area contributed by atoms with E-state index in [0.29, 0.717) is 10.8 Å². The number of nitrogens with one attached hydrogen (secondary N) is 3. The summed E-state index contributed by atoms with van der Waals surface area (Å²) in [4.78, 5) is 30.9. The molecule has 0 bridgehead atoms. The average Bonchev–Trinajstić information content (AvgIpc) is 2.86. The van der Waals surface area contributed by atoms with Crippen LogP contribution in [-0.4, -0.2) is 22.9 Å². The molecule has 1 amide bonds. The Morgan fingerprint density at radius 1 is 1.50 bits per heavy atom. The van der Waals surface area contributed by atoms with Crippen molar-refractivity contribution < 1.29 is 4.79 Å². The number of carbonyl (C=O) groups is 1. The van der Waals surface area contributed by atoms with Crippen molar-refractivity contribution in [2.45, 2.75) is 19.9 Å². The van der Waals surface area contributed by atoms with Gasteiger partial charge in [0, 0.05) is 29.4 Å². The Bertz CT molecular complexity index is 677. The van der Waals surface area contributed by atoms with Crippen molar-refractivity contribution in [2.75, 3.05) is 12.4 Å². The summed E-state index contributed by atoms with van der Waals surface area (Å²) >= 11 is 1.33. The Hall–Kier alpha value is -1.99. The Balaban J connectivity index is 2.15. The molecule has 106 valence electrons. The number of pyridine rings is 1. The first-order chi connectivity index (χ1) is 9.51. The molecule has 2 rings (SSSR count). The number of thiazole rings is 1. The SMILES string of the molecule is CNC(C)c1csc(NC(=O)c2c[nH]c(C)cc2=O)n1. The predicted octanol–water partition coefficient (Wildman–Crippen LogP) is 1.67. The Morgan fingerprint density at radius 2 is 2.25 bits per heavy atom. The van der Waals surface area contributed by atoms with E-state index in [2.05, 4.69) is 20.6 Å². The van der Waals surface area contributed by atoms with Crippen LogP contribution in [0.3, 0.4) is 0 Å².